The lowest BCUT2D eigenvalue weighted by Crippen LogP contribution is -2.41. The number of fused-ring (bicyclic) bond motifs is 1. The summed E-state index contributed by atoms with van der Waals surface area (Å²) in [5.74, 6) is 1.09. The minimum absolute atomic E-state index is 0.0511. The predicted octanol–water partition coefficient (Wildman–Crippen LogP) is 0.920. The highest BCUT2D eigenvalue weighted by molar-refractivity contribution is 7.71. The number of anilines is 1. The highest BCUT2D eigenvalue weighted by Crippen LogP contribution is 2.67. The summed E-state index contributed by atoms with van der Waals surface area (Å²) in [5.41, 5.74) is 6.13. The molecule has 3 rings (SSSR count). The van der Waals surface area contributed by atoms with Gasteiger partial charge in [0.2, 0.25) is 0 Å². The second-order valence-electron chi connectivity index (χ2n) is 7.33. The first-order valence-electron chi connectivity index (χ1n) is 9.40. The molecule has 2 aromatic heterocycles. The lowest BCUT2D eigenvalue weighted by molar-refractivity contribution is -0.0641. The average molecular weight is 610 g/mol. The molecular weight excluding hydrogens is 591 g/mol. The van der Waals surface area contributed by atoms with Gasteiger partial charge in [-0.15, -0.1) is 6.42 Å². The molecule has 1 saturated heterocycles. The highest BCUT2D eigenvalue weighted by atomic mass is 35.5. The van der Waals surface area contributed by atoms with Gasteiger partial charge < -0.3 is 40.1 Å². The van der Waals surface area contributed by atoms with Crippen LogP contribution in [0.15, 0.2) is 6.33 Å². The van der Waals surface area contributed by atoms with E-state index in [-0.39, 0.29) is 21.8 Å². The van der Waals surface area contributed by atoms with E-state index in [0.717, 1.165) is 6.92 Å². The molecule has 0 spiro atoms. The lowest BCUT2D eigenvalue weighted by atomic mass is 9.87. The lowest BCUT2D eigenvalue weighted by Gasteiger charge is -2.28. The predicted molar refractivity (Wildman–Crippen MR) is 123 cm³/mol. The third-order valence-corrected chi connectivity index (χ3v) is 9.68. The van der Waals surface area contributed by atoms with Gasteiger partial charge in [-0.3, -0.25) is 9.09 Å². The van der Waals surface area contributed by atoms with Gasteiger partial charge in [-0.2, -0.15) is 8.62 Å². The zero-order valence-electron chi connectivity index (χ0n) is 17.8. The van der Waals surface area contributed by atoms with Crippen LogP contribution in [0.5, 0.6) is 0 Å². The number of aromatic amines is 1. The van der Waals surface area contributed by atoms with Crippen molar-refractivity contribution in [3.63, 3.8) is 0 Å². The Morgan fingerprint density at radius 1 is 1.36 bits per heavy atom. The van der Waals surface area contributed by atoms with Crippen LogP contribution in [0.4, 0.5) is 5.95 Å². The Morgan fingerprint density at radius 3 is 2.56 bits per heavy atom. The number of imidazole rings is 1. The van der Waals surface area contributed by atoms with Crippen LogP contribution in [0.2, 0.25) is 0 Å². The minimum Gasteiger partial charge on any atom is -0.396 e. The van der Waals surface area contributed by atoms with Crippen LogP contribution in [-0.2, 0) is 31.6 Å². The van der Waals surface area contributed by atoms with Gasteiger partial charge in [0.25, 0.3) is 0 Å². The first-order valence-corrected chi connectivity index (χ1v) is 14.7. The third-order valence-electron chi connectivity index (χ3n) is 4.90. The number of H-pyrrole nitrogens is 1. The number of alkyl halides is 1. The number of aliphatic hydroxyl groups is 1. The van der Waals surface area contributed by atoms with Gasteiger partial charge in [-0.1, -0.05) is 29.7 Å². The zero-order chi connectivity index (χ0) is 27.3. The molecule has 1 fully saturated rings. The quantitative estimate of drug-likeness (QED) is 0.0901. The molecule has 200 valence electrons. The molecule has 3 heterocycles. The first-order chi connectivity index (χ1) is 16.4. The molecule has 8 N–H and O–H groups in total. The molecule has 36 heavy (non-hydrogen) atoms. The number of phosphoric ester groups is 1. The third kappa shape index (κ3) is 6.07. The van der Waals surface area contributed by atoms with Gasteiger partial charge in [-0.05, 0) is 6.92 Å². The monoisotopic (exact) mass is 609 g/mol. The van der Waals surface area contributed by atoms with E-state index < -0.39 is 59.3 Å². The van der Waals surface area contributed by atoms with Crippen molar-refractivity contribution in [3.05, 3.63) is 11.0 Å². The maximum atomic E-state index is 12.3. The number of nitrogen functional groups attached to an aromatic ring is 1. The molecule has 0 bridgehead atoms. The Balaban J connectivity index is 1.93. The number of aliphatic hydroxyl groups excluding tert-OH is 1. The molecule has 22 heteroatoms. The number of aromatic nitrogens is 4. The molecule has 0 saturated carbocycles. The second kappa shape index (κ2) is 10.1. The summed E-state index contributed by atoms with van der Waals surface area (Å²) in [4.78, 5) is 45.4. The summed E-state index contributed by atoms with van der Waals surface area (Å²) in [6.07, 6.45) is 2.74. The van der Waals surface area contributed by atoms with Gasteiger partial charge in [0.15, 0.2) is 21.7 Å². The van der Waals surface area contributed by atoms with E-state index >= 15 is 0 Å². The van der Waals surface area contributed by atoms with Crippen LogP contribution in [-0.4, -0.2) is 67.9 Å². The van der Waals surface area contributed by atoms with Crippen LogP contribution < -0.4 is 5.73 Å². The molecule has 0 aliphatic carbocycles. The normalized spacial score (nSPS) is 28.9. The Morgan fingerprint density at radius 2 is 2.00 bits per heavy atom. The van der Waals surface area contributed by atoms with Crippen molar-refractivity contribution in [2.24, 2.45) is 5.92 Å². The number of nitrogens with zero attached hydrogens (tertiary/aromatic N) is 3. The number of phosphoric acid groups is 3. The molecule has 0 aromatic carbocycles. The molecule has 7 atom stereocenters. The molecule has 1 aliphatic rings. The standard InChI is InChI=1S/C14H19ClN5O12P3S/c1-3-14(15)7(4-21)9(6(2)30-34(25,26)32-35(27,28)31-33(22,23)24)29-12(14)20-5-17-8-10(20)18-13(16)19-11(8)36/h1,5-7,9,12,21H,4H2,2H3,(H,25,26)(H,27,28)(H2,22,23,24)(H3,16,18,19,36)/t6-,7?,9+,12+,14?/m0/s1. The van der Waals surface area contributed by atoms with Crippen molar-refractivity contribution in [1.82, 2.24) is 19.5 Å². The van der Waals surface area contributed by atoms with Crippen LogP contribution in [0.3, 0.4) is 0 Å². The van der Waals surface area contributed by atoms with Crippen molar-refractivity contribution >= 4 is 64.4 Å². The number of terminal acetylenes is 1. The van der Waals surface area contributed by atoms with Crippen molar-refractivity contribution in [1.29, 1.82) is 0 Å². The second-order valence-corrected chi connectivity index (χ2v) is 12.7. The van der Waals surface area contributed by atoms with Gasteiger partial charge in [0.05, 0.1) is 25.1 Å². The van der Waals surface area contributed by atoms with E-state index in [2.05, 4.69) is 29.5 Å². The Hall–Kier alpha value is -1.25. The summed E-state index contributed by atoms with van der Waals surface area (Å²) >= 11 is 11.8. The molecule has 1 aliphatic heterocycles. The van der Waals surface area contributed by atoms with Crippen molar-refractivity contribution in [2.75, 3.05) is 12.3 Å². The van der Waals surface area contributed by atoms with Crippen LogP contribution >= 0.6 is 47.3 Å². The average Bonchev–Trinajstić information content (AvgIpc) is 3.23. The fraction of sp³-hybridized carbons (Fsp3) is 0.500. The van der Waals surface area contributed by atoms with E-state index in [1.807, 2.05) is 0 Å². The molecule has 2 aromatic rings. The van der Waals surface area contributed by atoms with Gasteiger partial charge in [0.1, 0.15) is 11.2 Å². The summed E-state index contributed by atoms with van der Waals surface area (Å²) in [6, 6.07) is 0. The summed E-state index contributed by atoms with van der Waals surface area (Å²) in [6.45, 7) is 0.439. The fourth-order valence-corrected chi connectivity index (χ4v) is 7.38. The Bertz CT molecular complexity index is 1410. The van der Waals surface area contributed by atoms with E-state index in [1.54, 1.807) is 0 Å². The highest BCUT2D eigenvalue weighted by Gasteiger charge is 2.58. The van der Waals surface area contributed by atoms with Crippen LogP contribution in [0.25, 0.3) is 11.2 Å². The SMILES string of the molecule is C#CC1(Cl)C(CO)[C@@H]([C@H](C)OP(=O)(O)OP(=O)(O)OP(=O)(O)O)O[C@H]1n1cnc2c(=S)nc(N)[nH]c21. The molecule has 0 radical (unpaired) electrons. The first kappa shape index (κ1) is 29.3. The summed E-state index contributed by atoms with van der Waals surface area (Å²) < 4.78 is 54.2. The maximum absolute atomic E-state index is 12.3. The number of nitrogens with one attached hydrogen (secondary N) is 1. The van der Waals surface area contributed by atoms with Crippen LogP contribution in [0.1, 0.15) is 13.2 Å². The largest absolute Gasteiger partial charge is 0.490 e. The number of nitrogens with two attached hydrogens (primary N) is 1. The van der Waals surface area contributed by atoms with Crippen molar-refractivity contribution in [2.45, 2.75) is 30.2 Å². The fourth-order valence-electron chi connectivity index (χ4n) is 3.59. The Kier molecular flexibility index (Phi) is 8.25. The number of hydrogen-bond acceptors (Lipinski definition) is 12. The number of ether oxygens (including phenoxy) is 1. The Labute approximate surface area is 212 Å². The smallest absolute Gasteiger partial charge is 0.396 e. The van der Waals surface area contributed by atoms with Crippen molar-refractivity contribution < 1.29 is 56.3 Å². The summed E-state index contributed by atoms with van der Waals surface area (Å²) in [7, 11) is -16.9. The topological polar surface area (TPSA) is 262 Å². The van der Waals surface area contributed by atoms with Gasteiger partial charge in [-0.25, -0.2) is 23.7 Å². The molecule has 17 nitrogen and oxygen atoms in total. The minimum atomic E-state index is -5.76. The molecule has 4 unspecified atom stereocenters. The van der Waals surface area contributed by atoms with Crippen molar-refractivity contribution in [3.8, 4) is 12.3 Å². The van der Waals surface area contributed by atoms with Crippen LogP contribution in [0, 0.1) is 22.9 Å². The van der Waals surface area contributed by atoms with E-state index in [9.17, 15) is 28.6 Å². The number of hydrogen-bond donors (Lipinski definition) is 7. The van der Waals surface area contributed by atoms with E-state index in [1.165, 1.54) is 10.9 Å². The van der Waals surface area contributed by atoms with E-state index in [0.29, 0.717) is 0 Å². The van der Waals surface area contributed by atoms with Gasteiger partial charge in [0, 0.05) is 5.92 Å². The maximum Gasteiger partial charge on any atom is 0.490 e. The summed E-state index contributed by atoms with van der Waals surface area (Å²) in [5, 5.41) is 10.0. The molecule has 0 amide bonds. The van der Waals surface area contributed by atoms with E-state index in [4.69, 9.17) is 55.0 Å². The van der Waals surface area contributed by atoms with Gasteiger partial charge >= 0.3 is 23.5 Å². The number of rotatable bonds is 9. The zero-order valence-corrected chi connectivity index (χ0v) is 22.1. The molecular formula is C14H19ClN5O12P3S. The number of halogens is 1.